The molecule has 0 radical (unpaired) electrons. The summed E-state index contributed by atoms with van der Waals surface area (Å²) in [6.07, 6.45) is 0.662. The van der Waals surface area contributed by atoms with E-state index in [4.69, 9.17) is 0 Å². The molecule has 0 unspecified atom stereocenters. The molecule has 0 aromatic rings. The number of carbonyl (C=O) groups excluding carboxylic acids is 1. The molecule has 1 aliphatic heterocycles. The number of hydrogen-bond acceptors (Lipinski definition) is 4. The van der Waals surface area contributed by atoms with Gasteiger partial charge in [-0.1, -0.05) is 13.8 Å². The molecule has 1 heterocycles. The van der Waals surface area contributed by atoms with Gasteiger partial charge in [-0.05, 0) is 38.3 Å². The first-order valence-corrected chi connectivity index (χ1v) is 6.95. The first-order chi connectivity index (χ1) is 8.69. The number of hydrazone groups is 1. The maximum atomic E-state index is 12.2. The van der Waals surface area contributed by atoms with Crippen molar-refractivity contribution in [2.45, 2.75) is 32.9 Å². The monoisotopic (exact) mass is 265 g/mol. The van der Waals surface area contributed by atoms with Crippen LogP contribution in [-0.4, -0.2) is 53.0 Å². The summed E-state index contributed by atoms with van der Waals surface area (Å²) in [5.41, 5.74) is 0.128. The van der Waals surface area contributed by atoms with Crippen LogP contribution in [0.5, 0.6) is 0 Å². The van der Waals surface area contributed by atoms with Crippen LogP contribution in [0.15, 0.2) is 5.10 Å². The number of carbonyl (C=O) groups is 1. The molecule has 0 saturated heterocycles. The predicted molar refractivity (Wildman–Crippen MR) is 72.3 cm³/mol. The first-order valence-electron chi connectivity index (χ1n) is 6.95. The Hall–Kier alpha value is -0.940. The summed E-state index contributed by atoms with van der Waals surface area (Å²) in [7, 11) is 3.70. The molecule has 2 fully saturated rings. The number of fused-ring (bicyclic) bond motifs is 3. The molecule has 3 aliphatic rings. The Kier molecular flexibility index (Phi) is 2.46. The van der Waals surface area contributed by atoms with Gasteiger partial charge in [0.05, 0.1) is 12.5 Å². The SMILES string of the molecule is CC1=NN(C(=O)CN(C)C)[C@]2(O)C[C@@H]3[C@H]([C@H]12)C3(C)C. The zero-order valence-corrected chi connectivity index (χ0v) is 12.3. The highest BCUT2D eigenvalue weighted by Crippen LogP contribution is 2.73. The number of hydrogen-bond donors (Lipinski definition) is 1. The van der Waals surface area contributed by atoms with E-state index in [2.05, 4.69) is 18.9 Å². The van der Waals surface area contributed by atoms with Gasteiger partial charge in [0.25, 0.3) is 5.91 Å². The number of nitrogens with zero attached hydrogens (tertiary/aromatic N) is 3. The number of aliphatic hydroxyl groups is 1. The van der Waals surface area contributed by atoms with E-state index >= 15 is 0 Å². The fraction of sp³-hybridized carbons (Fsp3) is 0.857. The second kappa shape index (κ2) is 3.58. The summed E-state index contributed by atoms with van der Waals surface area (Å²) in [5, 5.41) is 16.7. The van der Waals surface area contributed by atoms with Crippen LogP contribution in [-0.2, 0) is 4.79 Å². The van der Waals surface area contributed by atoms with E-state index in [1.54, 1.807) is 0 Å². The molecular weight excluding hydrogens is 242 g/mol. The molecule has 5 nitrogen and oxygen atoms in total. The van der Waals surface area contributed by atoms with Crippen molar-refractivity contribution in [2.24, 2.45) is 28.3 Å². The van der Waals surface area contributed by atoms with Crippen molar-refractivity contribution >= 4 is 11.6 Å². The van der Waals surface area contributed by atoms with E-state index in [0.717, 1.165) is 5.71 Å². The van der Waals surface area contributed by atoms with Crippen molar-refractivity contribution < 1.29 is 9.90 Å². The molecule has 0 aromatic heterocycles. The van der Waals surface area contributed by atoms with Gasteiger partial charge in [0.15, 0.2) is 5.72 Å². The Morgan fingerprint density at radius 2 is 2.16 bits per heavy atom. The highest BCUT2D eigenvalue weighted by atomic mass is 16.3. The third-order valence-corrected chi connectivity index (χ3v) is 5.28. The van der Waals surface area contributed by atoms with Gasteiger partial charge < -0.3 is 10.0 Å². The van der Waals surface area contributed by atoms with Gasteiger partial charge in [-0.25, -0.2) is 5.01 Å². The van der Waals surface area contributed by atoms with Crippen molar-refractivity contribution in [1.29, 1.82) is 0 Å². The standard InChI is InChI=1S/C14H23N3O2/c1-8-11-12-9(13(12,2)3)6-14(11,19)17(15-8)10(18)7-16(4)5/h9,11-12,19H,6-7H2,1-5H3/t9-,11+,12-,14+/m1/s1. The van der Waals surface area contributed by atoms with E-state index in [0.29, 0.717) is 18.3 Å². The summed E-state index contributed by atoms with van der Waals surface area (Å²) in [6.45, 7) is 6.72. The maximum Gasteiger partial charge on any atom is 0.259 e. The van der Waals surface area contributed by atoms with Gasteiger partial charge in [0, 0.05) is 12.1 Å². The Labute approximate surface area is 114 Å². The van der Waals surface area contributed by atoms with Crippen LogP contribution in [0.2, 0.25) is 0 Å². The molecular formula is C14H23N3O2. The van der Waals surface area contributed by atoms with Gasteiger partial charge >= 0.3 is 0 Å². The van der Waals surface area contributed by atoms with Crippen molar-refractivity contribution in [3.63, 3.8) is 0 Å². The lowest BCUT2D eigenvalue weighted by atomic mass is 9.84. The molecule has 0 aromatic carbocycles. The molecule has 1 amide bonds. The zero-order valence-electron chi connectivity index (χ0n) is 12.3. The van der Waals surface area contributed by atoms with Crippen molar-refractivity contribution in [3.8, 4) is 0 Å². The average molecular weight is 265 g/mol. The Morgan fingerprint density at radius 1 is 1.53 bits per heavy atom. The summed E-state index contributed by atoms with van der Waals surface area (Å²) in [4.78, 5) is 14.1. The van der Waals surface area contributed by atoms with Gasteiger partial charge in [0.2, 0.25) is 0 Å². The molecule has 106 valence electrons. The van der Waals surface area contributed by atoms with Crippen LogP contribution in [0, 0.1) is 23.2 Å². The molecule has 2 saturated carbocycles. The molecule has 19 heavy (non-hydrogen) atoms. The first kappa shape index (κ1) is 13.1. The average Bonchev–Trinajstić information content (AvgIpc) is 2.59. The normalized spacial score (nSPS) is 42.2. The lowest BCUT2D eigenvalue weighted by Crippen LogP contribution is -2.52. The molecule has 5 heteroatoms. The quantitative estimate of drug-likeness (QED) is 0.801. The third kappa shape index (κ3) is 1.54. The van der Waals surface area contributed by atoms with E-state index in [1.807, 2.05) is 25.9 Å². The van der Waals surface area contributed by atoms with Gasteiger partial charge in [0.1, 0.15) is 0 Å². The van der Waals surface area contributed by atoms with Crippen LogP contribution in [0.1, 0.15) is 27.2 Å². The summed E-state index contributed by atoms with van der Waals surface area (Å²) in [5.74, 6) is 0.896. The minimum atomic E-state index is -1.07. The van der Waals surface area contributed by atoms with E-state index in [1.165, 1.54) is 5.01 Å². The predicted octanol–water partition coefficient (Wildman–Crippen LogP) is 0.747. The Bertz CT molecular complexity index is 471. The van der Waals surface area contributed by atoms with Gasteiger partial charge in [-0.2, -0.15) is 5.10 Å². The van der Waals surface area contributed by atoms with Crippen molar-refractivity contribution in [1.82, 2.24) is 9.91 Å². The summed E-state index contributed by atoms with van der Waals surface area (Å²) >= 11 is 0. The van der Waals surface area contributed by atoms with E-state index in [9.17, 15) is 9.90 Å². The summed E-state index contributed by atoms with van der Waals surface area (Å²) in [6, 6.07) is 0. The highest BCUT2D eigenvalue weighted by Gasteiger charge is 2.75. The number of rotatable bonds is 2. The lowest BCUT2D eigenvalue weighted by Gasteiger charge is -2.35. The van der Waals surface area contributed by atoms with Crippen LogP contribution >= 0.6 is 0 Å². The van der Waals surface area contributed by atoms with Gasteiger partial charge in [-0.15, -0.1) is 0 Å². The maximum absolute atomic E-state index is 12.2. The van der Waals surface area contributed by atoms with Crippen molar-refractivity contribution in [3.05, 3.63) is 0 Å². The van der Waals surface area contributed by atoms with E-state index < -0.39 is 5.72 Å². The molecule has 0 spiro atoms. The minimum absolute atomic E-state index is 0.0265. The molecule has 2 aliphatic carbocycles. The Morgan fingerprint density at radius 3 is 2.74 bits per heavy atom. The zero-order chi connectivity index (χ0) is 14.2. The molecule has 0 bridgehead atoms. The molecule has 3 rings (SSSR count). The van der Waals surface area contributed by atoms with Crippen LogP contribution < -0.4 is 0 Å². The largest absolute Gasteiger partial charge is 0.368 e. The minimum Gasteiger partial charge on any atom is -0.368 e. The lowest BCUT2D eigenvalue weighted by molar-refractivity contribution is -0.164. The van der Waals surface area contributed by atoms with Crippen LogP contribution in [0.4, 0.5) is 0 Å². The second-order valence-corrected chi connectivity index (χ2v) is 7.20. The van der Waals surface area contributed by atoms with Crippen molar-refractivity contribution in [2.75, 3.05) is 20.6 Å². The fourth-order valence-corrected chi connectivity index (χ4v) is 4.30. The van der Waals surface area contributed by atoms with Crippen LogP contribution in [0.3, 0.4) is 0 Å². The molecule has 4 atom stereocenters. The summed E-state index contributed by atoms with van der Waals surface area (Å²) < 4.78 is 0. The highest BCUT2D eigenvalue weighted by molar-refractivity contribution is 5.92. The smallest absolute Gasteiger partial charge is 0.259 e. The fourth-order valence-electron chi connectivity index (χ4n) is 4.30. The van der Waals surface area contributed by atoms with E-state index in [-0.39, 0.29) is 23.8 Å². The van der Waals surface area contributed by atoms with Gasteiger partial charge in [-0.3, -0.25) is 4.79 Å². The molecule has 1 N–H and O–H groups in total. The Balaban J connectivity index is 1.86. The number of likely N-dealkylation sites (N-methyl/N-ethyl adjacent to an activating group) is 1. The van der Waals surface area contributed by atoms with Crippen LogP contribution in [0.25, 0.3) is 0 Å². The third-order valence-electron chi connectivity index (χ3n) is 5.28. The topological polar surface area (TPSA) is 56.1 Å². The number of amides is 1. The second-order valence-electron chi connectivity index (χ2n) is 7.20.